The highest BCUT2D eigenvalue weighted by Crippen LogP contribution is 2.39. The lowest BCUT2D eigenvalue weighted by Crippen LogP contribution is -2.34. The second kappa shape index (κ2) is 5.63. The number of rotatable bonds is 3. The Morgan fingerprint density at radius 3 is 2.30 bits per heavy atom. The molecule has 0 atom stereocenters. The second-order valence-corrected chi connectivity index (χ2v) is 6.06. The van der Waals surface area contributed by atoms with Gasteiger partial charge in [0.2, 0.25) is 0 Å². The molecule has 0 heterocycles. The maximum Gasteiger partial charge on any atom is 0.126 e. The molecule has 1 aliphatic carbocycles. The Balaban J connectivity index is 1.62. The van der Waals surface area contributed by atoms with Crippen LogP contribution in [0, 0.1) is 5.82 Å². The van der Waals surface area contributed by atoms with Gasteiger partial charge in [-0.3, -0.25) is 0 Å². The number of hydrogen-bond donors (Lipinski definition) is 1. The van der Waals surface area contributed by atoms with Crippen LogP contribution in [0.15, 0.2) is 42.5 Å². The summed E-state index contributed by atoms with van der Waals surface area (Å²) in [4.78, 5) is 0. The maximum absolute atomic E-state index is 13.7. The van der Waals surface area contributed by atoms with Crippen LogP contribution in [-0.2, 0) is 0 Å². The third-order valence-corrected chi connectivity index (χ3v) is 4.15. The van der Waals surface area contributed by atoms with Crippen molar-refractivity contribution < 1.29 is 4.39 Å². The summed E-state index contributed by atoms with van der Waals surface area (Å²) in [5.74, 6) is 0.185. The Kier molecular flexibility index (Phi) is 3.86. The van der Waals surface area contributed by atoms with E-state index in [0.717, 1.165) is 24.1 Å². The van der Waals surface area contributed by atoms with E-state index < -0.39 is 0 Å². The van der Waals surface area contributed by atoms with E-state index >= 15 is 0 Å². The van der Waals surface area contributed by atoms with Crippen LogP contribution in [-0.4, -0.2) is 6.04 Å². The molecule has 1 N–H and O–H groups in total. The van der Waals surface area contributed by atoms with Crippen molar-refractivity contribution in [3.63, 3.8) is 0 Å². The molecule has 0 saturated heterocycles. The molecule has 1 nitrogen and oxygen atoms in total. The van der Waals surface area contributed by atoms with Crippen LogP contribution in [0.3, 0.4) is 0 Å². The Hall–Kier alpha value is -1.25. The summed E-state index contributed by atoms with van der Waals surface area (Å²) in [5.41, 5.74) is 1.73. The summed E-state index contributed by atoms with van der Waals surface area (Å²) >= 11 is 11.9. The fourth-order valence-corrected chi connectivity index (χ4v) is 3.19. The summed E-state index contributed by atoms with van der Waals surface area (Å²) in [5, 5.41) is 4.62. The molecular weight excluding hydrogens is 296 g/mol. The van der Waals surface area contributed by atoms with Crippen molar-refractivity contribution in [3.8, 4) is 0 Å². The fourth-order valence-electron chi connectivity index (χ4n) is 2.67. The quantitative estimate of drug-likeness (QED) is 0.790. The highest BCUT2D eigenvalue weighted by Gasteiger charge is 2.31. The molecule has 20 heavy (non-hydrogen) atoms. The van der Waals surface area contributed by atoms with Crippen molar-refractivity contribution in [3.05, 3.63) is 63.9 Å². The van der Waals surface area contributed by atoms with E-state index in [-0.39, 0.29) is 5.82 Å². The highest BCUT2D eigenvalue weighted by molar-refractivity contribution is 6.35. The molecule has 1 fully saturated rings. The predicted molar refractivity (Wildman–Crippen MR) is 82.2 cm³/mol. The zero-order valence-electron chi connectivity index (χ0n) is 10.7. The first kappa shape index (κ1) is 13.7. The minimum absolute atomic E-state index is 0.109. The number of hydrogen-bond acceptors (Lipinski definition) is 1. The van der Waals surface area contributed by atoms with Crippen LogP contribution in [0.4, 0.5) is 10.1 Å². The normalized spacial score (nSPS) is 21.4. The SMILES string of the molecule is Fc1ccccc1C1CC(Nc2cc(Cl)cc(Cl)c2)C1. The Labute approximate surface area is 127 Å². The van der Waals surface area contributed by atoms with E-state index in [1.807, 2.05) is 24.3 Å². The van der Waals surface area contributed by atoms with Crippen LogP contribution in [0.1, 0.15) is 24.3 Å². The van der Waals surface area contributed by atoms with E-state index in [9.17, 15) is 4.39 Å². The van der Waals surface area contributed by atoms with Gasteiger partial charge in [0.15, 0.2) is 0 Å². The van der Waals surface area contributed by atoms with Gasteiger partial charge in [-0.15, -0.1) is 0 Å². The van der Waals surface area contributed by atoms with Gasteiger partial charge in [0.1, 0.15) is 5.82 Å². The van der Waals surface area contributed by atoms with E-state index in [0.29, 0.717) is 22.0 Å². The van der Waals surface area contributed by atoms with Crippen molar-refractivity contribution >= 4 is 28.9 Å². The summed E-state index contributed by atoms with van der Waals surface area (Å²) in [6.45, 7) is 0. The minimum atomic E-state index is -0.109. The monoisotopic (exact) mass is 309 g/mol. The lowest BCUT2D eigenvalue weighted by molar-refractivity contribution is 0.363. The zero-order chi connectivity index (χ0) is 14.1. The van der Waals surface area contributed by atoms with Gasteiger partial charge in [0, 0.05) is 21.8 Å². The van der Waals surface area contributed by atoms with Gasteiger partial charge in [-0.05, 0) is 48.6 Å². The summed E-state index contributed by atoms with van der Waals surface area (Å²) in [6, 6.07) is 12.7. The van der Waals surface area contributed by atoms with E-state index in [2.05, 4.69) is 5.32 Å². The fraction of sp³-hybridized carbons (Fsp3) is 0.250. The Bertz CT molecular complexity index is 603. The van der Waals surface area contributed by atoms with Crippen LogP contribution < -0.4 is 5.32 Å². The largest absolute Gasteiger partial charge is 0.382 e. The zero-order valence-corrected chi connectivity index (χ0v) is 12.3. The molecule has 2 aromatic carbocycles. The number of nitrogens with one attached hydrogen (secondary N) is 1. The van der Waals surface area contributed by atoms with Gasteiger partial charge in [-0.2, -0.15) is 0 Å². The van der Waals surface area contributed by atoms with Crippen molar-refractivity contribution in [2.24, 2.45) is 0 Å². The van der Waals surface area contributed by atoms with Gasteiger partial charge < -0.3 is 5.32 Å². The van der Waals surface area contributed by atoms with Crippen LogP contribution in [0.25, 0.3) is 0 Å². The molecule has 0 amide bonds. The molecule has 1 aliphatic rings. The Morgan fingerprint density at radius 1 is 1.00 bits per heavy atom. The molecular formula is C16H14Cl2FN. The minimum Gasteiger partial charge on any atom is -0.382 e. The topological polar surface area (TPSA) is 12.0 Å². The van der Waals surface area contributed by atoms with Crippen molar-refractivity contribution in [1.82, 2.24) is 0 Å². The number of benzene rings is 2. The lowest BCUT2D eigenvalue weighted by atomic mass is 9.75. The van der Waals surface area contributed by atoms with Gasteiger partial charge >= 0.3 is 0 Å². The number of anilines is 1. The highest BCUT2D eigenvalue weighted by atomic mass is 35.5. The Morgan fingerprint density at radius 2 is 1.65 bits per heavy atom. The summed E-state index contributed by atoms with van der Waals surface area (Å²) in [7, 11) is 0. The molecule has 0 bridgehead atoms. The van der Waals surface area contributed by atoms with Gasteiger partial charge in [0.25, 0.3) is 0 Å². The molecule has 1 saturated carbocycles. The van der Waals surface area contributed by atoms with E-state index in [1.165, 1.54) is 6.07 Å². The van der Waals surface area contributed by atoms with Gasteiger partial charge in [0.05, 0.1) is 0 Å². The van der Waals surface area contributed by atoms with Crippen LogP contribution >= 0.6 is 23.2 Å². The lowest BCUT2D eigenvalue weighted by Gasteiger charge is -2.37. The van der Waals surface area contributed by atoms with Crippen LogP contribution in [0.5, 0.6) is 0 Å². The smallest absolute Gasteiger partial charge is 0.126 e. The molecule has 0 unspecified atom stereocenters. The maximum atomic E-state index is 13.7. The molecule has 104 valence electrons. The predicted octanol–water partition coefficient (Wildman–Crippen LogP) is 5.49. The van der Waals surface area contributed by atoms with Crippen LogP contribution in [0.2, 0.25) is 10.0 Å². The summed E-state index contributed by atoms with van der Waals surface area (Å²) in [6.07, 6.45) is 1.84. The van der Waals surface area contributed by atoms with Crippen molar-refractivity contribution in [2.75, 3.05) is 5.32 Å². The van der Waals surface area contributed by atoms with E-state index in [1.54, 1.807) is 12.1 Å². The first-order valence-corrected chi connectivity index (χ1v) is 7.34. The molecule has 0 aromatic heterocycles. The first-order valence-electron chi connectivity index (χ1n) is 6.59. The molecule has 0 aliphatic heterocycles. The second-order valence-electron chi connectivity index (χ2n) is 5.19. The standard InChI is InChI=1S/C16H14Cl2FN/c17-11-7-12(18)9-14(8-11)20-13-5-10(6-13)15-3-1-2-4-16(15)19/h1-4,7-10,13,20H,5-6H2. The molecule has 2 aromatic rings. The average molecular weight is 310 g/mol. The third-order valence-electron chi connectivity index (χ3n) is 3.72. The molecule has 4 heteroatoms. The average Bonchev–Trinajstić information content (AvgIpc) is 2.33. The third kappa shape index (κ3) is 2.92. The molecule has 3 rings (SSSR count). The molecule has 0 spiro atoms. The number of halogens is 3. The van der Waals surface area contributed by atoms with Gasteiger partial charge in [-0.25, -0.2) is 4.39 Å². The first-order chi connectivity index (χ1) is 9.61. The van der Waals surface area contributed by atoms with Crippen molar-refractivity contribution in [1.29, 1.82) is 0 Å². The van der Waals surface area contributed by atoms with E-state index in [4.69, 9.17) is 23.2 Å². The van der Waals surface area contributed by atoms with Crippen molar-refractivity contribution in [2.45, 2.75) is 24.8 Å². The molecule has 0 radical (unpaired) electrons. The van der Waals surface area contributed by atoms with Gasteiger partial charge in [-0.1, -0.05) is 41.4 Å². The summed E-state index contributed by atoms with van der Waals surface area (Å²) < 4.78 is 13.7.